The first kappa shape index (κ1) is 24.2. The molecule has 3 aromatic carbocycles. The molecule has 0 aliphatic heterocycles. The van der Waals surface area contributed by atoms with Gasteiger partial charge in [-0.25, -0.2) is 18.4 Å². The van der Waals surface area contributed by atoms with Gasteiger partial charge in [-0.3, -0.25) is 4.79 Å². The Morgan fingerprint density at radius 3 is 2.33 bits per heavy atom. The molecule has 0 fully saturated rings. The smallest absolute Gasteiger partial charge is 0.339 e. The van der Waals surface area contributed by atoms with Crippen LogP contribution in [-0.4, -0.2) is 27.4 Å². The molecule has 0 aliphatic rings. The van der Waals surface area contributed by atoms with Crippen LogP contribution in [0.1, 0.15) is 27.6 Å². The Morgan fingerprint density at radius 2 is 1.73 bits per heavy atom. The number of carbonyl (C=O) groups is 2. The second-order valence-electron chi connectivity index (χ2n) is 7.06. The summed E-state index contributed by atoms with van der Waals surface area (Å²) >= 11 is 6.13. The SMILES string of the molecule is COc1ccc(C(=O)OC(C(=O)Nc2ccc(C)c(Cl)c2)c2ccccc2)cc1S(N)(=O)=O. The van der Waals surface area contributed by atoms with Crippen LogP contribution in [0.5, 0.6) is 5.75 Å². The number of ether oxygens (including phenoxy) is 2. The Morgan fingerprint density at radius 1 is 1.03 bits per heavy atom. The molecule has 10 heteroatoms. The number of rotatable bonds is 7. The van der Waals surface area contributed by atoms with Gasteiger partial charge in [0.2, 0.25) is 16.1 Å². The minimum atomic E-state index is -4.17. The van der Waals surface area contributed by atoms with Gasteiger partial charge in [-0.2, -0.15) is 0 Å². The number of hydrogen-bond donors (Lipinski definition) is 2. The van der Waals surface area contributed by atoms with Crippen molar-refractivity contribution < 1.29 is 27.5 Å². The van der Waals surface area contributed by atoms with Crippen molar-refractivity contribution >= 4 is 39.2 Å². The summed E-state index contributed by atoms with van der Waals surface area (Å²) in [6.45, 7) is 1.83. The number of nitrogens with one attached hydrogen (secondary N) is 1. The van der Waals surface area contributed by atoms with E-state index in [0.717, 1.165) is 11.6 Å². The number of methoxy groups -OCH3 is 1. The molecule has 3 rings (SSSR count). The van der Waals surface area contributed by atoms with Gasteiger partial charge in [-0.15, -0.1) is 0 Å². The average Bonchev–Trinajstić information content (AvgIpc) is 2.79. The van der Waals surface area contributed by atoms with Gasteiger partial charge in [0.1, 0.15) is 10.6 Å². The van der Waals surface area contributed by atoms with E-state index in [-0.39, 0.29) is 16.2 Å². The number of benzene rings is 3. The molecule has 0 saturated carbocycles. The maximum Gasteiger partial charge on any atom is 0.339 e. The maximum atomic E-state index is 13.0. The summed E-state index contributed by atoms with van der Waals surface area (Å²) in [5.74, 6) is -1.56. The third-order valence-electron chi connectivity index (χ3n) is 4.71. The predicted octanol–water partition coefficient (Wildman–Crippen LogP) is 3.84. The number of amides is 1. The Labute approximate surface area is 196 Å². The van der Waals surface area contributed by atoms with Gasteiger partial charge < -0.3 is 14.8 Å². The molecule has 0 saturated heterocycles. The molecule has 172 valence electrons. The lowest BCUT2D eigenvalue weighted by molar-refractivity contribution is -0.125. The minimum Gasteiger partial charge on any atom is -0.495 e. The summed E-state index contributed by atoms with van der Waals surface area (Å²) in [6, 6.07) is 17.0. The fourth-order valence-electron chi connectivity index (χ4n) is 2.98. The van der Waals surface area contributed by atoms with Crippen LogP contribution in [0, 0.1) is 6.92 Å². The van der Waals surface area contributed by atoms with Crippen molar-refractivity contribution in [1.82, 2.24) is 0 Å². The van der Waals surface area contributed by atoms with Crippen molar-refractivity contribution in [1.29, 1.82) is 0 Å². The summed E-state index contributed by atoms with van der Waals surface area (Å²) in [4.78, 5) is 25.5. The summed E-state index contributed by atoms with van der Waals surface area (Å²) < 4.78 is 34.2. The predicted molar refractivity (Wildman–Crippen MR) is 124 cm³/mol. The molecule has 1 atom stereocenters. The normalized spacial score (nSPS) is 12.0. The lowest BCUT2D eigenvalue weighted by atomic mass is 10.1. The van der Waals surface area contributed by atoms with Crippen LogP contribution in [0.15, 0.2) is 71.6 Å². The first-order valence-corrected chi connectivity index (χ1v) is 11.6. The standard InChI is InChI=1S/C23H21ClN2O6S/c1-14-8-10-17(13-18(14)24)26-22(27)21(15-6-4-3-5-7-15)32-23(28)16-9-11-19(31-2)20(12-16)33(25,29)30/h3-13,21H,1-2H3,(H,26,27)(H2,25,29,30). The molecule has 1 amide bonds. The highest BCUT2D eigenvalue weighted by Crippen LogP contribution is 2.27. The largest absolute Gasteiger partial charge is 0.495 e. The molecule has 3 aromatic rings. The zero-order valence-electron chi connectivity index (χ0n) is 17.7. The van der Waals surface area contributed by atoms with Crippen LogP contribution < -0.4 is 15.2 Å². The molecule has 0 radical (unpaired) electrons. The molecule has 0 bridgehead atoms. The number of aryl methyl sites for hydroxylation is 1. The molecule has 0 aromatic heterocycles. The van der Waals surface area contributed by atoms with Gasteiger partial charge in [-0.1, -0.05) is 48.0 Å². The summed E-state index contributed by atoms with van der Waals surface area (Å²) in [5.41, 5.74) is 1.56. The zero-order chi connectivity index (χ0) is 24.2. The van der Waals surface area contributed by atoms with E-state index in [4.69, 9.17) is 26.2 Å². The van der Waals surface area contributed by atoms with Crippen LogP contribution in [0.25, 0.3) is 0 Å². The topological polar surface area (TPSA) is 125 Å². The molecule has 8 nitrogen and oxygen atoms in total. The van der Waals surface area contributed by atoms with Gasteiger partial charge >= 0.3 is 5.97 Å². The summed E-state index contributed by atoms with van der Waals surface area (Å²) in [5, 5.41) is 8.37. The van der Waals surface area contributed by atoms with E-state index in [2.05, 4.69) is 5.32 Å². The van der Waals surface area contributed by atoms with Crippen molar-refractivity contribution in [3.8, 4) is 5.75 Å². The number of hydrogen-bond acceptors (Lipinski definition) is 6. The van der Waals surface area contributed by atoms with E-state index >= 15 is 0 Å². The summed E-state index contributed by atoms with van der Waals surface area (Å²) in [6.07, 6.45) is -1.32. The number of anilines is 1. The highest BCUT2D eigenvalue weighted by atomic mass is 35.5. The van der Waals surface area contributed by atoms with Crippen LogP contribution in [-0.2, 0) is 19.6 Å². The fourth-order valence-corrected chi connectivity index (χ4v) is 3.88. The number of sulfonamides is 1. The van der Waals surface area contributed by atoms with E-state index in [1.165, 1.54) is 19.2 Å². The van der Waals surface area contributed by atoms with Crippen molar-refractivity contribution in [3.63, 3.8) is 0 Å². The second kappa shape index (κ2) is 10.0. The van der Waals surface area contributed by atoms with Crippen molar-refractivity contribution in [2.75, 3.05) is 12.4 Å². The molecular weight excluding hydrogens is 468 g/mol. The van der Waals surface area contributed by atoms with Gasteiger partial charge in [0.05, 0.1) is 12.7 Å². The van der Waals surface area contributed by atoms with E-state index in [9.17, 15) is 18.0 Å². The van der Waals surface area contributed by atoms with E-state index in [1.54, 1.807) is 48.5 Å². The van der Waals surface area contributed by atoms with E-state index in [1.807, 2.05) is 6.92 Å². The number of nitrogens with two attached hydrogens (primary N) is 1. The Hall–Kier alpha value is -3.40. The molecule has 0 heterocycles. The summed E-state index contributed by atoms with van der Waals surface area (Å²) in [7, 11) is -2.90. The van der Waals surface area contributed by atoms with Crippen molar-refractivity contribution in [3.05, 3.63) is 88.4 Å². The molecule has 33 heavy (non-hydrogen) atoms. The molecule has 3 N–H and O–H groups in total. The molecule has 1 unspecified atom stereocenters. The lowest BCUT2D eigenvalue weighted by Gasteiger charge is -2.19. The van der Waals surface area contributed by atoms with Gasteiger partial charge in [-0.05, 0) is 42.8 Å². The molecular formula is C23H21ClN2O6S. The Bertz CT molecular complexity index is 1300. The van der Waals surface area contributed by atoms with E-state index < -0.39 is 28.0 Å². The number of halogens is 1. The van der Waals surface area contributed by atoms with Gasteiger partial charge in [0, 0.05) is 16.3 Å². The van der Waals surface area contributed by atoms with Crippen LogP contribution in [0.4, 0.5) is 5.69 Å². The quantitative estimate of drug-likeness (QED) is 0.487. The first-order chi connectivity index (χ1) is 15.6. The van der Waals surface area contributed by atoms with Crippen LogP contribution in [0.2, 0.25) is 5.02 Å². The number of esters is 1. The Balaban J connectivity index is 1.92. The minimum absolute atomic E-state index is 0.0253. The maximum absolute atomic E-state index is 13.0. The Kier molecular flexibility index (Phi) is 7.37. The monoisotopic (exact) mass is 488 g/mol. The van der Waals surface area contributed by atoms with Gasteiger partial charge in [0.25, 0.3) is 5.91 Å². The molecule has 0 spiro atoms. The number of carbonyl (C=O) groups excluding carboxylic acids is 2. The molecule has 0 aliphatic carbocycles. The zero-order valence-corrected chi connectivity index (χ0v) is 19.3. The average molecular weight is 489 g/mol. The fraction of sp³-hybridized carbons (Fsp3) is 0.130. The highest BCUT2D eigenvalue weighted by molar-refractivity contribution is 7.89. The van der Waals surface area contributed by atoms with Crippen molar-refractivity contribution in [2.45, 2.75) is 17.9 Å². The van der Waals surface area contributed by atoms with E-state index in [0.29, 0.717) is 16.3 Å². The lowest BCUT2D eigenvalue weighted by Crippen LogP contribution is -2.26. The third kappa shape index (κ3) is 5.89. The first-order valence-electron chi connectivity index (χ1n) is 9.64. The van der Waals surface area contributed by atoms with Gasteiger partial charge in [0.15, 0.2) is 0 Å². The second-order valence-corrected chi connectivity index (χ2v) is 9.00. The van der Waals surface area contributed by atoms with Crippen LogP contribution >= 0.6 is 11.6 Å². The number of primary sulfonamides is 1. The third-order valence-corrected chi connectivity index (χ3v) is 6.05. The van der Waals surface area contributed by atoms with Crippen molar-refractivity contribution in [2.24, 2.45) is 5.14 Å². The highest BCUT2D eigenvalue weighted by Gasteiger charge is 2.27. The van der Waals surface area contributed by atoms with Crippen LogP contribution in [0.3, 0.4) is 0 Å².